The second-order valence-corrected chi connectivity index (χ2v) is 4.79. The molecule has 0 aromatic heterocycles. The molecule has 0 aliphatic carbocycles. The topological polar surface area (TPSA) is 44.4 Å². The molecule has 0 aliphatic heterocycles. The van der Waals surface area contributed by atoms with E-state index >= 15 is 0 Å². The molecule has 2 N–H and O–H groups in total. The van der Waals surface area contributed by atoms with E-state index in [2.05, 4.69) is 21.6 Å². The largest absolute Gasteiger partial charge is 0.326 e. The normalized spacial score (nSPS) is 10.7. The number of amides is 1. The van der Waals surface area contributed by atoms with E-state index in [-0.39, 0.29) is 5.91 Å². The molecule has 0 radical (unpaired) electrons. The van der Waals surface area contributed by atoms with Crippen LogP contribution >= 0.6 is 0 Å². The molecule has 0 atom stereocenters. The molecule has 0 aliphatic rings. The number of nitrogens with one attached hydrogen (secondary N) is 2. The summed E-state index contributed by atoms with van der Waals surface area (Å²) in [7, 11) is 5.91. The molecule has 4 heteroatoms. The number of anilines is 1. The van der Waals surface area contributed by atoms with E-state index in [1.807, 2.05) is 40.2 Å². The first-order valence-electron chi connectivity index (χ1n) is 6.21. The van der Waals surface area contributed by atoms with Gasteiger partial charge in [0.25, 0.3) is 0 Å². The summed E-state index contributed by atoms with van der Waals surface area (Å²) in [5, 5.41) is 5.93. The Bertz CT molecular complexity index is 402. The standard InChI is InChI=1S/C14H23N3O/c1-11-5-6-12(10-17(3)4)9-13(11)16-14(18)7-8-15-2/h5-6,9,15H,7-8,10H2,1-4H3,(H,16,18). The second-order valence-electron chi connectivity index (χ2n) is 4.79. The lowest BCUT2D eigenvalue weighted by molar-refractivity contribution is -0.116. The van der Waals surface area contributed by atoms with Crippen molar-refractivity contribution in [1.29, 1.82) is 0 Å². The maximum atomic E-state index is 11.7. The Morgan fingerprint density at radius 3 is 2.67 bits per heavy atom. The van der Waals surface area contributed by atoms with E-state index < -0.39 is 0 Å². The van der Waals surface area contributed by atoms with Gasteiger partial charge >= 0.3 is 0 Å². The fourth-order valence-electron chi connectivity index (χ4n) is 1.72. The van der Waals surface area contributed by atoms with Gasteiger partial charge in [0.2, 0.25) is 5.91 Å². The predicted octanol–water partition coefficient (Wildman–Crippen LogP) is 1.60. The Kier molecular flexibility index (Phi) is 5.82. The molecule has 100 valence electrons. The Balaban J connectivity index is 2.71. The summed E-state index contributed by atoms with van der Waals surface area (Å²) >= 11 is 0. The maximum Gasteiger partial charge on any atom is 0.225 e. The Morgan fingerprint density at radius 2 is 2.06 bits per heavy atom. The summed E-state index contributed by atoms with van der Waals surface area (Å²) in [6, 6.07) is 6.19. The number of benzene rings is 1. The zero-order valence-corrected chi connectivity index (χ0v) is 11.7. The molecule has 0 fully saturated rings. The molecule has 0 saturated carbocycles. The minimum atomic E-state index is 0.0504. The van der Waals surface area contributed by atoms with Gasteiger partial charge in [0.1, 0.15) is 0 Å². The van der Waals surface area contributed by atoms with Gasteiger partial charge in [-0.25, -0.2) is 0 Å². The molecule has 1 aromatic rings. The molecular formula is C14H23N3O. The maximum absolute atomic E-state index is 11.7. The van der Waals surface area contributed by atoms with Crippen LogP contribution in [0.4, 0.5) is 5.69 Å². The van der Waals surface area contributed by atoms with Crippen LogP contribution in [-0.2, 0) is 11.3 Å². The monoisotopic (exact) mass is 249 g/mol. The van der Waals surface area contributed by atoms with Gasteiger partial charge in [0.15, 0.2) is 0 Å². The average Bonchev–Trinajstić information content (AvgIpc) is 2.30. The SMILES string of the molecule is CNCCC(=O)Nc1cc(CN(C)C)ccc1C. The molecule has 0 heterocycles. The van der Waals surface area contributed by atoms with Crippen LogP contribution in [0.2, 0.25) is 0 Å². The molecule has 18 heavy (non-hydrogen) atoms. The van der Waals surface area contributed by atoms with Crippen molar-refractivity contribution < 1.29 is 4.79 Å². The van der Waals surface area contributed by atoms with Crippen LogP contribution in [0.5, 0.6) is 0 Å². The highest BCUT2D eigenvalue weighted by molar-refractivity contribution is 5.91. The number of aryl methyl sites for hydroxylation is 1. The average molecular weight is 249 g/mol. The van der Waals surface area contributed by atoms with Crippen LogP contribution < -0.4 is 10.6 Å². The smallest absolute Gasteiger partial charge is 0.225 e. The van der Waals surface area contributed by atoms with Crippen molar-refractivity contribution >= 4 is 11.6 Å². The van der Waals surface area contributed by atoms with Crippen molar-refractivity contribution in [2.75, 3.05) is 33.0 Å². The van der Waals surface area contributed by atoms with Gasteiger partial charge in [-0.05, 0) is 45.3 Å². The Hall–Kier alpha value is -1.39. The molecular weight excluding hydrogens is 226 g/mol. The third-order valence-corrected chi connectivity index (χ3v) is 2.68. The van der Waals surface area contributed by atoms with E-state index in [9.17, 15) is 4.79 Å². The third kappa shape index (κ3) is 4.85. The zero-order chi connectivity index (χ0) is 13.5. The lowest BCUT2D eigenvalue weighted by Gasteiger charge is -2.13. The highest BCUT2D eigenvalue weighted by Gasteiger charge is 2.05. The van der Waals surface area contributed by atoms with E-state index in [4.69, 9.17) is 0 Å². The fourth-order valence-corrected chi connectivity index (χ4v) is 1.72. The quantitative estimate of drug-likeness (QED) is 0.805. The third-order valence-electron chi connectivity index (χ3n) is 2.68. The van der Waals surface area contributed by atoms with Crippen molar-refractivity contribution in [1.82, 2.24) is 10.2 Å². The summed E-state index contributed by atoms with van der Waals surface area (Å²) in [4.78, 5) is 13.8. The van der Waals surface area contributed by atoms with Crippen molar-refractivity contribution in [3.8, 4) is 0 Å². The summed E-state index contributed by atoms with van der Waals surface area (Å²) in [5.41, 5.74) is 3.21. The predicted molar refractivity (Wildman–Crippen MR) is 75.7 cm³/mol. The van der Waals surface area contributed by atoms with Gasteiger partial charge in [-0.2, -0.15) is 0 Å². The number of nitrogens with zero attached hydrogens (tertiary/aromatic N) is 1. The van der Waals surface area contributed by atoms with Gasteiger partial charge in [-0.15, -0.1) is 0 Å². The summed E-state index contributed by atoms with van der Waals surface area (Å²) in [6.07, 6.45) is 0.494. The number of rotatable bonds is 6. The van der Waals surface area contributed by atoms with E-state index in [0.29, 0.717) is 13.0 Å². The van der Waals surface area contributed by atoms with Crippen molar-refractivity contribution in [3.05, 3.63) is 29.3 Å². The van der Waals surface area contributed by atoms with Gasteiger partial charge in [-0.1, -0.05) is 12.1 Å². The van der Waals surface area contributed by atoms with Crippen LogP contribution in [0.1, 0.15) is 17.5 Å². The Labute approximate surface area is 109 Å². The van der Waals surface area contributed by atoms with E-state index in [0.717, 1.165) is 17.8 Å². The highest BCUT2D eigenvalue weighted by atomic mass is 16.1. The molecule has 0 unspecified atom stereocenters. The van der Waals surface area contributed by atoms with Gasteiger partial charge in [0.05, 0.1) is 0 Å². The van der Waals surface area contributed by atoms with Crippen LogP contribution in [0, 0.1) is 6.92 Å². The summed E-state index contributed by atoms with van der Waals surface area (Å²) in [6.45, 7) is 3.58. The van der Waals surface area contributed by atoms with Crippen molar-refractivity contribution in [3.63, 3.8) is 0 Å². The summed E-state index contributed by atoms with van der Waals surface area (Å²) in [5.74, 6) is 0.0504. The molecule has 0 bridgehead atoms. The van der Waals surface area contributed by atoms with Crippen molar-refractivity contribution in [2.24, 2.45) is 0 Å². The van der Waals surface area contributed by atoms with Crippen molar-refractivity contribution in [2.45, 2.75) is 19.9 Å². The molecule has 0 spiro atoms. The highest BCUT2D eigenvalue weighted by Crippen LogP contribution is 2.17. The van der Waals surface area contributed by atoms with Crippen LogP contribution in [0.25, 0.3) is 0 Å². The molecule has 1 rings (SSSR count). The van der Waals surface area contributed by atoms with Crippen LogP contribution in [-0.4, -0.2) is 38.5 Å². The minimum absolute atomic E-state index is 0.0504. The lowest BCUT2D eigenvalue weighted by atomic mass is 10.1. The molecule has 1 aromatic carbocycles. The number of carbonyl (C=O) groups excluding carboxylic acids is 1. The van der Waals surface area contributed by atoms with Gasteiger partial charge in [-0.3, -0.25) is 4.79 Å². The first-order chi connectivity index (χ1) is 8.52. The number of hydrogen-bond acceptors (Lipinski definition) is 3. The van der Waals surface area contributed by atoms with E-state index in [1.54, 1.807) is 0 Å². The minimum Gasteiger partial charge on any atom is -0.326 e. The molecule has 1 amide bonds. The Morgan fingerprint density at radius 1 is 1.33 bits per heavy atom. The first kappa shape index (κ1) is 14.7. The zero-order valence-electron chi connectivity index (χ0n) is 11.7. The number of carbonyl (C=O) groups is 1. The van der Waals surface area contributed by atoms with Gasteiger partial charge < -0.3 is 15.5 Å². The fraction of sp³-hybridized carbons (Fsp3) is 0.500. The molecule has 0 saturated heterocycles. The van der Waals surface area contributed by atoms with Crippen LogP contribution in [0.3, 0.4) is 0 Å². The molecule has 4 nitrogen and oxygen atoms in total. The second kappa shape index (κ2) is 7.13. The lowest BCUT2D eigenvalue weighted by Crippen LogP contribution is -2.19. The van der Waals surface area contributed by atoms with Gasteiger partial charge in [0, 0.05) is 25.2 Å². The van der Waals surface area contributed by atoms with Crippen LogP contribution in [0.15, 0.2) is 18.2 Å². The first-order valence-corrected chi connectivity index (χ1v) is 6.21. The van der Waals surface area contributed by atoms with E-state index in [1.165, 1.54) is 5.56 Å². The number of hydrogen-bond donors (Lipinski definition) is 2. The summed E-state index contributed by atoms with van der Waals surface area (Å²) < 4.78 is 0.